The van der Waals surface area contributed by atoms with Crippen LogP contribution in [0.1, 0.15) is 281 Å². The second-order valence-corrected chi connectivity index (χ2v) is 24.6. The molecule has 400 valence electrons. The first-order chi connectivity index (χ1) is 33.1. The van der Waals surface area contributed by atoms with Gasteiger partial charge in [-0.2, -0.15) is 0 Å². The van der Waals surface area contributed by atoms with Gasteiger partial charge in [0, 0.05) is 25.7 Å². The summed E-state index contributed by atoms with van der Waals surface area (Å²) in [5.41, 5.74) is 2.53. The Labute approximate surface area is 426 Å². The molecule has 7 heteroatoms. The molecule has 0 spiro atoms. The fraction of sp³-hybridized carbons (Fsp3) is 0.919. The van der Waals surface area contributed by atoms with Crippen LogP contribution in [0.3, 0.4) is 0 Å². The second kappa shape index (κ2) is 31.0. The van der Waals surface area contributed by atoms with Crippen molar-refractivity contribution in [3.63, 3.8) is 0 Å². The minimum absolute atomic E-state index is 0.0473. The third kappa shape index (κ3) is 18.5. The smallest absolute Gasteiger partial charge is 0.306 e. The summed E-state index contributed by atoms with van der Waals surface area (Å²) in [5, 5.41) is 0. The molecule has 0 aromatic carbocycles. The van der Waals surface area contributed by atoms with Crippen molar-refractivity contribution in [1.29, 1.82) is 0 Å². The third-order valence-corrected chi connectivity index (χ3v) is 19.1. The van der Waals surface area contributed by atoms with Crippen molar-refractivity contribution < 1.29 is 28.6 Å². The number of hydrogen-bond donors (Lipinski definition) is 0. The van der Waals surface area contributed by atoms with Crippen LogP contribution in [0.25, 0.3) is 0 Å². The average molecular weight is 967 g/mol. The molecule has 4 aliphatic carbocycles. The number of hydrogen-bond acceptors (Lipinski definition) is 7. The molecule has 0 heterocycles. The van der Waals surface area contributed by atoms with Gasteiger partial charge in [0.1, 0.15) is 18.3 Å². The first-order valence-corrected chi connectivity index (χ1v) is 30.1. The van der Waals surface area contributed by atoms with Crippen molar-refractivity contribution in [3.8, 4) is 0 Å². The first-order valence-electron chi connectivity index (χ1n) is 30.1. The molecule has 7 nitrogen and oxygen atoms in total. The summed E-state index contributed by atoms with van der Waals surface area (Å²) in [7, 11) is 0. The Balaban J connectivity index is 1.25. The summed E-state index contributed by atoms with van der Waals surface area (Å²) in [6.07, 6.45) is 37.0. The van der Waals surface area contributed by atoms with Crippen LogP contribution in [0.5, 0.6) is 0 Å². The summed E-state index contributed by atoms with van der Waals surface area (Å²) >= 11 is 0. The molecule has 0 bridgehead atoms. The summed E-state index contributed by atoms with van der Waals surface area (Å²) in [6.45, 7) is 26.9. The van der Waals surface area contributed by atoms with Gasteiger partial charge in [-0.1, -0.05) is 164 Å². The molecule has 3 saturated carbocycles. The number of carbonyl (C=O) groups excluding carboxylic acids is 3. The predicted octanol–water partition coefficient (Wildman–Crippen LogP) is 17.1. The highest BCUT2D eigenvalue weighted by Crippen LogP contribution is 2.72. The number of rotatable bonds is 36. The van der Waals surface area contributed by atoms with Gasteiger partial charge in [0.05, 0.1) is 0 Å². The molecule has 0 N–H and O–H groups in total. The number of nitrogens with zero attached hydrogens (tertiary/aromatic N) is 1. The van der Waals surface area contributed by atoms with Gasteiger partial charge in [-0.3, -0.25) is 14.4 Å². The van der Waals surface area contributed by atoms with Crippen LogP contribution in [0.2, 0.25) is 0 Å². The summed E-state index contributed by atoms with van der Waals surface area (Å²) in [6, 6.07) is 0. The zero-order valence-corrected chi connectivity index (χ0v) is 47.0. The van der Waals surface area contributed by atoms with Gasteiger partial charge >= 0.3 is 17.9 Å². The molecule has 0 amide bonds. The molecule has 3 fully saturated rings. The number of ether oxygens (including phenoxy) is 3. The molecule has 10 unspecified atom stereocenters. The molecule has 0 aromatic heterocycles. The largest absolute Gasteiger partial charge is 0.462 e. The predicted molar refractivity (Wildman–Crippen MR) is 288 cm³/mol. The van der Waals surface area contributed by atoms with E-state index in [9.17, 15) is 14.4 Å². The van der Waals surface area contributed by atoms with E-state index in [-0.39, 0.29) is 48.1 Å². The van der Waals surface area contributed by atoms with Gasteiger partial charge in [-0.25, -0.2) is 0 Å². The van der Waals surface area contributed by atoms with E-state index in [0.717, 1.165) is 127 Å². The molecule has 4 aliphatic rings. The van der Waals surface area contributed by atoms with Gasteiger partial charge in [0.2, 0.25) is 0 Å². The molecule has 4 rings (SSSR count). The van der Waals surface area contributed by atoms with E-state index in [1.54, 1.807) is 5.57 Å². The number of esters is 3. The van der Waals surface area contributed by atoms with Crippen molar-refractivity contribution in [2.75, 3.05) is 19.6 Å². The number of fused-ring (bicyclic) bond motifs is 5. The van der Waals surface area contributed by atoms with Crippen LogP contribution in [0.15, 0.2) is 11.6 Å². The minimum atomic E-state index is -0.303. The van der Waals surface area contributed by atoms with Gasteiger partial charge in [0.15, 0.2) is 0 Å². The highest BCUT2D eigenvalue weighted by Gasteiger charge is 2.64. The van der Waals surface area contributed by atoms with E-state index >= 15 is 0 Å². The zero-order valence-electron chi connectivity index (χ0n) is 47.0. The molecule has 0 aliphatic heterocycles. The van der Waals surface area contributed by atoms with Gasteiger partial charge < -0.3 is 19.1 Å². The molecular weight excluding hydrogens is 855 g/mol. The van der Waals surface area contributed by atoms with Gasteiger partial charge in [-0.05, 0) is 168 Å². The van der Waals surface area contributed by atoms with Crippen LogP contribution in [-0.2, 0) is 28.6 Å². The lowest BCUT2D eigenvalue weighted by Crippen LogP contribution is -2.56. The molecule has 0 saturated heterocycles. The average Bonchev–Trinajstić information content (AvgIpc) is 3.68. The topological polar surface area (TPSA) is 82.1 Å². The van der Waals surface area contributed by atoms with Crippen LogP contribution >= 0.6 is 0 Å². The van der Waals surface area contributed by atoms with Crippen molar-refractivity contribution in [3.05, 3.63) is 11.6 Å². The maximum absolute atomic E-state index is 13.6. The summed E-state index contributed by atoms with van der Waals surface area (Å²) in [4.78, 5) is 42.1. The van der Waals surface area contributed by atoms with E-state index < -0.39 is 0 Å². The van der Waals surface area contributed by atoms with Gasteiger partial charge in [0.25, 0.3) is 0 Å². The van der Waals surface area contributed by atoms with Crippen LogP contribution in [-0.4, -0.2) is 60.8 Å². The SMILES string of the molecule is CCCCCCCCC(CCCCCC)OC(=O)CCCCCCC(CCC(=O)OC1CCC2(C)C(=CCC3(C)C2CCC2(C)C(C(C)CCCC(C)C)CCC23)C1)OC(=O)CCCN(CC)CC. The molecule has 0 aromatic rings. The maximum atomic E-state index is 13.6. The van der Waals surface area contributed by atoms with Crippen molar-refractivity contribution in [2.45, 2.75) is 299 Å². The van der Waals surface area contributed by atoms with E-state index in [2.05, 4.69) is 80.2 Å². The second-order valence-electron chi connectivity index (χ2n) is 24.6. The van der Waals surface area contributed by atoms with E-state index in [0.29, 0.717) is 36.0 Å². The Morgan fingerprint density at radius 2 is 1.16 bits per heavy atom. The fourth-order valence-electron chi connectivity index (χ4n) is 14.9. The lowest BCUT2D eigenvalue weighted by atomic mass is 9.41. The van der Waals surface area contributed by atoms with E-state index in [4.69, 9.17) is 14.2 Å². The molecule has 10 atom stereocenters. The van der Waals surface area contributed by atoms with Crippen molar-refractivity contribution >= 4 is 17.9 Å². The Hall–Kier alpha value is -1.89. The van der Waals surface area contributed by atoms with Gasteiger partial charge in [-0.15, -0.1) is 0 Å². The summed E-state index contributed by atoms with van der Waals surface area (Å²) in [5.74, 6) is 3.59. The molecular formula is C62H111NO6. The Bertz CT molecular complexity index is 1500. The third-order valence-electron chi connectivity index (χ3n) is 19.1. The fourth-order valence-corrected chi connectivity index (χ4v) is 14.9. The van der Waals surface area contributed by atoms with Crippen molar-refractivity contribution in [2.24, 2.45) is 45.8 Å². The lowest BCUT2D eigenvalue weighted by Gasteiger charge is -2.63. The molecule has 69 heavy (non-hydrogen) atoms. The quantitative estimate of drug-likeness (QED) is 0.0268. The number of unbranched alkanes of at least 4 members (excludes halogenated alkanes) is 11. The maximum Gasteiger partial charge on any atom is 0.306 e. The standard InChI is InChI=1S/C62H111NO6/c1-11-15-17-19-20-24-32-51(31-23-18-16-12-2)67-57(64)34-26-22-21-25-33-52(68-58(65)35-28-46-63(13-3)14-4)36-39-59(66)69-53-41-44-60(8)50(47-53)40-43-62(10)55-38-37-54(49(7)30-27-29-48(5)6)61(55,9)45-42-56(60)62/h40,48-49,51-56H,11-39,41-47H2,1-10H3. The molecule has 0 radical (unpaired) electrons. The summed E-state index contributed by atoms with van der Waals surface area (Å²) < 4.78 is 18.5. The number of carbonyl (C=O) groups is 3. The monoisotopic (exact) mass is 966 g/mol. The van der Waals surface area contributed by atoms with E-state index in [1.165, 1.54) is 103 Å². The highest BCUT2D eigenvalue weighted by atomic mass is 16.6. The van der Waals surface area contributed by atoms with E-state index in [1.807, 2.05) is 0 Å². The Kier molecular flexibility index (Phi) is 26.8. The van der Waals surface area contributed by atoms with Crippen LogP contribution < -0.4 is 0 Å². The van der Waals surface area contributed by atoms with Crippen LogP contribution in [0, 0.1) is 45.8 Å². The number of allylic oxidation sites excluding steroid dienone is 1. The lowest BCUT2D eigenvalue weighted by molar-refractivity contribution is -0.157. The Morgan fingerprint density at radius 1 is 0.580 bits per heavy atom. The zero-order chi connectivity index (χ0) is 50.3. The first kappa shape index (κ1) is 59.7. The Morgan fingerprint density at radius 3 is 1.78 bits per heavy atom. The normalized spacial score (nSPS) is 27.8. The van der Waals surface area contributed by atoms with Crippen molar-refractivity contribution in [1.82, 2.24) is 4.90 Å². The van der Waals surface area contributed by atoms with Crippen LogP contribution in [0.4, 0.5) is 0 Å². The highest BCUT2D eigenvalue weighted by molar-refractivity contribution is 5.71. The minimum Gasteiger partial charge on any atom is -0.462 e.